The van der Waals surface area contributed by atoms with Crippen LogP contribution in [-0.2, 0) is 0 Å². The van der Waals surface area contributed by atoms with E-state index in [1.807, 2.05) is 0 Å². The molecular weight excluding hydrogens is 368 g/mol. The Labute approximate surface area is 169 Å². The second-order valence-corrected chi connectivity index (χ2v) is 8.37. The third-order valence-corrected chi connectivity index (χ3v) is 5.83. The topological polar surface area (TPSA) is 61.4 Å². The summed E-state index contributed by atoms with van der Waals surface area (Å²) < 4.78 is 1.09. The van der Waals surface area contributed by atoms with Crippen molar-refractivity contribution < 1.29 is 9.69 Å². The van der Waals surface area contributed by atoms with E-state index in [9.17, 15) is 4.79 Å². The van der Waals surface area contributed by atoms with Gasteiger partial charge in [0.2, 0.25) is 0 Å². The SMILES string of the molecule is Cc1cc2nc(N(CCC[NH+](C)C)C(=O)c3ccc(C#N)cc3)sc2cc1C. The number of aryl methyl sites for hydroxylation is 2. The Morgan fingerprint density at radius 2 is 1.86 bits per heavy atom. The number of quaternary nitrogens is 1. The first-order valence-electron chi connectivity index (χ1n) is 9.38. The molecule has 1 amide bonds. The highest BCUT2D eigenvalue weighted by atomic mass is 32.1. The molecule has 1 heterocycles. The number of rotatable bonds is 6. The standard InChI is InChI=1S/C22H24N4OS/c1-15-12-19-20(13-16(15)2)28-22(24-19)26(11-5-10-25(3)4)21(27)18-8-6-17(14-23)7-9-18/h6-9,12-13H,5,10-11H2,1-4H3/p+1. The Hall–Kier alpha value is -2.75. The number of aromatic nitrogens is 1. The van der Waals surface area contributed by atoms with Crippen LogP contribution in [0.15, 0.2) is 36.4 Å². The molecule has 0 aliphatic carbocycles. The molecule has 6 heteroatoms. The van der Waals surface area contributed by atoms with Gasteiger partial charge in [-0.15, -0.1) is 0 Å². The zero-order chi connectivity index (χ0) is 20.3. The quantitative estimate of drug-likeness (QED) is 0.700. The lowest BCUT2D eigenvalue weighted by molar-refractivity contribution is -0.858. The van der Waals surface area contributed by atoms with Crippen molar-refractivity contribution in [2.75, 3.05) is 32.1 Å². The van der Waals surface area contributed by atoms with Gasteiger partial charge in [-0.25, -0.2) is 4.98 Å². The molecule has 0 aliphatic rings. The van der Waals surface area contributed by atoms with Crippen molar-refractivity contribution in [1.29, 1.82) is 5.26 Å². The van der Waals surface area contributed by atoms with E-state index in [0.717, 1.165) is 28.3 Å². The van der Waals surface area contributed by atoms with Crippen LogP contribution in [0.3, 0.4) is 0 Å². The zero-order valence-electron chi connectivity index (χ0n) is 16.7. The molecule has 3 aromatic rings. The summed E-state index contributed by atoms with van der Waals surface area (Å²) in [5.41, 5.74) is 4.47. The van der Waals surface area contributed by atoms with E-state index in [1.165, 1.54) is 16.0 Å². The van der Waals surface area contributed by atoms with E-state index in [2.05, 4.69) is 46.1 Å². The second-order valence-electron chi connectivity index (χ2n) is 7.36. The average molecular weight is 394 g/mol. The fourth-order valence-electron chi connectivity index (χ4n) is 3.00. The number of carbonyl (C=O) groups is 1. The molecule has 0 fully saturated rings. The first-order valence-corrected chi connectivity index (χ1v) is 10.2. The van der Waals surface area contributed by atoms with Crippen LogP contribution < -0.4 is 9.80 Å². The molecule has 5 nitrogen and oxygen atoms in total. The van der Waals surface area contributed by atoms with Gasteiger partial charge in [-0.1, -0.05) is 11.3 Å². The van der Waals surface area contributed by atoms with E-state index in [1.54, 1.807) is 40.5 Å². The molecule has 2 aromatic carbocycles. The summed E-state index contributed by atoms with van der Waals surface area (Å²) in [5.74, 6) is -0.0780. The van der Waals surface area contributed by atoms with Gasteiger partial charge >= 0.3 is 0 Å². The summed E-state index contributed by atoms with van der Waals surface area (Å²) in [4.78, 5) is 21.1. The molecule has 0 atom stereocenters. The molecule has 1 aromatic heterocycles. The van der Waals surface area contributed by atoms with Gasteiger partial charge in [-0.05, 0) is 61.4 Å². The van der Waals surface area contributed by atoms with E-state index in [0.29, 0.717) is 17.7 Å². The number of hydrogen-bond acceptors (Lipinski definition) is 4. The maximum atomic E-state index is 13.2. The Bertz CT molecular complexity index is 992. The van der Waals surface area contributed by atoms with Crippen LogP contribution in [0.4, 0.5) is 5.13 Å². The Balaban J connectivity index is 1.95. The van der Waals surface area contributed by atoms with Crippen LogP contribution in [-0.4, -0.2) is 38.1 Å². The van der Waals surface area contributed by atoms with Gasteiger partial charge in [0.05, 0.1) is 42.5 Å². The minimum absolute atomic E-state index is 0.0780. The lowest BCUT2D eigenvalue weighted by Crippen LogP contribution is -3.05. The lowest BCUT2D eigenvalue weighted by atomic mass is 10.1. The van der Waals surface area contributed by atoms with Gasteiger partial charge in [0, 0.05) is 18.5 Å². The van der Waals surface area contributed by atoms with Gasteiger partial charge in [-0.2, -0.15) is 5.26 Å². The van der Waals surface area contributed by atoms with Crippen molar-refractivity contribution >= 4 is 32.6 Å². The molecule has 28 heavy (non-hydrogen) atoms. The van der Waals surface area contributed by atoms with Gasteiger partial charge in [0.1, 0.15) is 0 Å². The molecule has 1 N–H and O–H groups in total. The third-order valence-electron chi connectivity index (χ3n) is 4.79. The number of benzene rings is 2. The minimum Gasteiger partial charge on any atom is -0.340 e. The van der Waals surface area contributed by atoms with Crippen LogP contribution in [0.25, 0.3) is 10.2 Å². The summed E-state index contributed by atoms with van der Waals surface area (Å²) in [7, 11) is 4.21. The zero-order valence-corrected chi connectivity index (χ0v) is 17.6. The van der Waals surface area contributed by atoms with Crippen molar-refractivity contribution in [3.63, 3.8) is 0 Å². The monoisotopic (exact) mass is 393 g/mol. The Morgan fingerprint density at radius 1 is 1.18 bits per heavy atom. The van der Waals surface area contributed by atoms with Gasteiger partial charge < -0.3 is 4.90 Å². The van der Waals surface area contributed by atoms with Crippen molar-refractivity contribution in [3.8, 4) is 6.07 Å². The van der Waals surface area contributed by atoms with E-state index >= 15 is 0 Å². The van der Waals surface area contributed by atoms with Gasteiger partial charge in [0.15, 0.2) is 5.13 Å². The van der Waals surface area contributed by atoms with Crippen LogP contribution in [0.2, 0.25) is 0 Å². The number of nitrogens with zero attached hydrogens (tertiary/aromatic N) is 3. The molecule has 0 saturated carbocycles. The fourth-order valence-corrected chi connectivity index (χ4v) is 4.07. The first-order chi connectivity index (χ1) is 13.4. The molecule has 0 unspecified atom stereocenters. The van der Waals surface area contributed by atoms with Crippen molar-refractivity contribution in [3.05, 3.63) is 58.7 Å². The van der Waals surface area contributed by atoms with Crippen molar-refractivity contribution in [2.24, 2.45) is 0 Å². The number of amides is 1. The smallest absolute Gasteiger partial charge is 0.260 e. The predicted molar refractivity (Wildman–Crippen MR) is 114 cm³/mol. The maximum absolute atomic E-state index is 13.2. The number of anilines is 1. The Morgan fingerprint density at radius 3 is 2.50 bits per heavy atom. The molecule has 0 radical (unpaired) electrons. The number of thiazole rings is 1. The summed E-state index contributed by atoms with van der Waals surface area (Å²) in [6.07, 6.45) is 0.887. The lowest BCUT2D eigenvalue weighted by Gasteiger charge is -2.20. The summed E-state index contributed by atoms with van der Waals surface area (Å²) in [6.45, 7) is 5.75. The van der Waals surface area contributed by atoms with E-state index < -0.39 is 0 Å². The van der Waals surface area contributed by atoms with Crippen molar-refractivity contribution in [1.82, 2.24) is 4.98 Å². The van der Waals surface area contributed by atoms with Gasteiger partial charge in [-0.3, -0.25) is 9.69 Å². The van der Waals surface area contributed by atoms with Gasteiger partial charge in [0.25, 0.3) is 5.91 Å². The molecule has 0 saturated heterocycles. The van der Waals surface area contributed by atoms with E-state index in [4.69, 9.17) is 10.2 Å². The first kappa shape index (κ1) is 20.0. The highest BCUT2D eigenvalue weighted by molar-refractivity contribution is 7.22. The largest absolute Gasteiger partial charge is 0.340 e. The summed E-state index contributed by atoms with van der Waals surface area (Å²) in [5, 5.41) is 9.72. The summed E-state index contributed by atoms with van der Waals surface area (Å²) in [6, 6.07) is 13.1. The predicted octanol–water partition coefficient (Wildman–Crippen LogP) is 2.97. The van der Waals surface area contributed by atoms with Crippen molar-refractivity contribution in [2.45, 2.75) is 20.3 Å². The minimum atomic E-state index is -0.0780. The second kappa shape index (κ2) is 8.51. The van der Waals surface area contributed by atoms with E-state index in [-0.39, 0.29) is 5.91 Å². The molecule has 0 aliphatic heterocycles. The van der Waals surface area contributed by atoms with Crippen LogP contribution >= 0.6 is 11.3 Å². The third kappa shape index (κ3) is 4.38. The number of fused-ring (bicyclic) bond motifs is 1. The molecule has 0 spiro atoms. The maximum Gasteiger partial charge on any atom is 0.260 e. The van der Waals surface area contributed by atoms with Crippen LogP contribution in [0.1, 0.15) is 33.5 Å². The number of nitrogens with one attached hydrogen (secondary N) is 1. The Kier molecular flexibility index (Phi) is 6.08. The number of nitriles is 1. The molecule has 0 bridgehead atoms. The van der Waals surface area contributed by atoms with Crippen LogP contribution in [0, 0.1) is 25.2 Å². The van der Waals surface area contributed by atoms with Crippen LogP contribution in [0.5, 0.6) is 0 Å². The average Bonchev–Trinajstić information content (AvgIpc) is 3.07. The highest BCUT2D eigenvalue weighted by Crippen LogP contribution is 2.31. The number of carbonyl (C=O) groups excluding carboxylic acids is 1. The number of hydrogen-bond donors (Lipinski definition) is 1. The normalized spacial score (nSPS) is 11.0. The fraction of sp³-hybridized carbons (Fsp3) is 0.318. The molecular formula is C22H25N4OS+. The molecule has 144 valence electrons. The molecule has 3 rings (SSSR count). The highest BCUT2D eigenvalue weighted by Gasteiger charge is 2.21. The summed E-state index contributed by atoms with van der Waals surface area (Å²) >= 11 is 1.55.